The van der Waals surface area contributed by atoms with Crippen molar-refractivity contribution in [3.8, 4) is 5.75 Å². The lowest BCUT2D eigenvalue weighted by atomic mass is 10.1. The Morgan fingerprint density at radius 2 is 1.81 bits per heavy atom. The summed E-state index contributed by atoms with van der Waals surface area (Å²) >= 11 is 0. The molecule has 0 saturated heterocycles. The Kier molecular flexibility index (Phi) is 6.66. The van der Waals surface area contributed by atoms with Gasteiger partial charge in [0.05, 0.1) is 12.7 Å². The van der Waals surface area contributed by atoms with Crippen molar-refractivity contribution in [2.45, 2.75) is 45.1 Å². The summed E-state index contributed by atoms with van der Waals surface area (Å²) in [6, 6.07) is 9.80. The summed E-state index contributed by atoms with van der Waals surface area (Å²) in [6.45, 7) is 2.83. The summed E-state index contributed by atoms with van der Waals surface area (Å²) in [5.41, 5.74) is 0. The Labute approximate surface area is 98.3 Å². The van der Waals surface area contributed by atoms with Gasteiger partial charge in [0.25, 0.3) is 0 Å². The van der Waals surface area contributed by atoms with Crippen molar-refractivity contribution in [2.75, 3.05) is 6.61 Å². The summed E-state index contributed by atoms with van der Waals surface area (Å²) in [5.74, 6) is 0.908. The van der Waals surface area contributed by atoms with Crippen LogP contribution in [0.15, 0.2) is 30.3 Å². The number of rotatable bonds is 8. The topological polar surface area (TPSA) is 29.5 Å². The molecule has 0 aliphatic rings. The fourth-order valence-corrected chi connectivity index (χ4v) is 1.61. The molecule has 0 aliphatic heterocycles. The van der Waals surface area contributed by atoms with Crippen LogP contribution in [0.4, 0.5) is 0 Å². The molecule has 1 atom stereocenters. The molecule has 1 aromatic rings. The van der Waals surface area contributed by atoms with E-state index in [1.54, 1.807) is 0 Å². The van der Waals surface area contributed by atoms with Gasteiger partial charge in [0, 0.05) is 0 Å². The molecule has 0 aliphatic carbocycles. The molecule has 0 unspecified atom stereocenters. The standard InChI is InChI=1S/C14H22O2/c1-2-3-8-13(15)9-7-12-16-14-10-5-4-6-11-14/h4-6,10-11,13,15H,2-3,7-9,12H2,1H3/t13-/m0/s1. The largest absolute Gasteiger partial charge is 0.494 e. The van der Waals surface area contributed by atoms with E-state index >= 15 is 0 Å². The Bertz CT molecular complexity index is 259. The van der Waals surface area contributed by atoms with Crippen LogP contribution in [0.2, 0.25) is 0 Å². The van der Waals surface area contributed by atoms with Crippen LogP contribution in [0, 0.1) is 0 Å². The number of unbranched alkanes of at least 4 members (excludes halogenated alkanes) is 1. The highest BCUT2D eigenvalue weighted by Gasteiger charge is 2.02. The average Bonchev–Trinajstić information content (AvgIpc) is 2.33. The van der Waals surface area contributed by atoms with Gasteiger partial charge < -0.3 is 9.84 Å². The molecule has 1 rings (SSSR count). The predicted molar refractivity (Wildman–Crippen MR) is 66.7 cm³/mol. The molecule has 0 saturated carbocycles. The smallest absolute Gasteiger partial charge is 0.119 e. The number of benzene rings is 1. The molecule has 0 bridgehead atoms. The maximum Gasteiger partial charge on any atom is 0.119 e. The van der Waals surface area contributed by atoms with Crippen molar-refractivity contribution in [1.29, 1.82) is 0 Å². The van der Waals surface area contributed by atoms with E-state index in [1.807, 2.05) is 30.3 Å². The summed E-state index contributed by atoms with van der Waals surface area (Å²) in [6.07, 6.45) is 4.78. The van der Waals surface area contributed by atoms with E-state index in [0.29, 0.717) is 6.61 Å². The second-order valence-electron chi connectivity index (χ2n) is 4.10. The van der Waals surface area contributed by atoms with Gasteiger partial charge >= 0.3 is 0 Å². The first kappa shape index (κ1) is 13.0. The van der Waals surface area contributed by atoms with Gasteiger partial charge in [0.15, 0.2) is 0 Å². The number of hydrogen-bond acceptors (Lipinski definition) is 2. The average molecular weight is 222 g/mol. The lowest BCUT2D eigenvalue weighted by Crippen LogP contribution is -2.08. The van der Waals surface area contributed by atoms with Crippen molar-refractivity contribution < 1.29 is 9.84 Å². The second-order valence-corrected chi connectivity index (χ2v) is 4.10. The molecule has 2 nitrogen and oxygen atoms in total. The molecule has 0 heterocycles. The Morgan fingerprint density at radius 3 is 2.50 bits per heavy atom. The molecular weight excluding hydrogens is 200 g/mol. The van der Waals surface area contributed by atoms with Crippen LogP contribution in [0.5, 0.6) is 5.75 Å². The SMILES string of the molecule is CCCC[C@H](O)CCCOc1ccccc1. The highest BCUT2D eigenvalue weighted by atomic mass is 16.5. The van der Waals surface area contributed by atoms with Crippen molar-refractivity contribution in [3.63, 3.8) is 0 Å². The van der Waals surface area contributed by atoms with Crippen LogP contribution in [0.25, 0.3) is 0 Å². The van der Waals surface area contributed by atoms with Gasteiger partial charge in [-0.05, 0) is 31.4 Å². The van der Waals surface area contributed by atoms with Crippen molar-refractivity contribution >= 4 is 0 Å². The van der Waals surface area contributed by atoms with Crippen LogP contribution in [0.3, 0.4) is 0 Å². The number of hydrogen-bond donors (Lipinski definition) is 1. The molecule has 0 amide bonds. The van der Waals surface area contributed by atoms with E-state index < -0.39 is 0 Å². The molecule has 1 aromatic carbocycles. The zero-order valence-electron chi connectivity index (χ0n) is 10.1. The molecule has 1 N–H and O–H groups in total. The van der Waals surface area contributed by atoms with Gasteiger partial charge in [-0.3, -0.25) is 0 Å². The maximum atomic E-state index is 9.62. The zero-order chi connectivity index (χ0) is 11.6. The minimum Gasteiger partial charge on any atom is -0.494 e. The van der Waals surface area contributed by atoms with Gasteiger partial charge in [-0.15, -0.1) is 0 Å². The van der Waals surface area contributed by atoms with Crippen molar-refractivity contribution in [3.05, 3.63) is 30.3 Å². The molecule has 16 heavy (non-hydrogen) atoms. The van der Waals surface area contributed by atoms with E-state index in [-0.39, 0.29) is 6.10 Å². The zero-order valence-corrected chi connectivity index (χ0v) is 10.1. The Morgan fingerprint density at radius 1 is 1.12 bits per heavy atom. The molecule has 0 spiro atoms. The van der Waals surface area contributed by atoms with Gasteiger partial charge in [-0.2, -0.15) is 0 Å². The highest BCUT2D eigenvalue weighted by molar-refractivity contribution is 5.20. The van der Waals surface area contributed by atoms with Crippen molar-refractivity contribution in [2.24, 2.45) is 0 Å². The fraction of sp³-hybridized carbons (Fsp3) is 0.571. The van der Waals surface area contributed by atoms with E-state index in [2.05, 4.69) is 6.92 Å². The van der Waals surface area contributed by atoms with Crippen LogP contribution in [-0.2, 0) is 0 Å². The molecule has 90 valence electrons. The van der Waals surface area contributed by atoms with Crippen LogP contribution in [-0.4, -0.2) is 17.8 Å². The minimum atomic E-state index is -0.153. The van der Waals surface area contributed by atoms with E-state index in [4.69, 9.17) is 4.74 Å². The summed E-state index contributed by atoms with van der Waals surface area (Å²) < 4.78 is 5.55. The third-order valence-electron chi connectivity index (χ3n) is 2.58. The number of ether oxygens (including phenoxy) is 1. The van der Waals surface area contributed by atoms with Crippen LogP contribution in [0.1, 0.15) is 39.0 Å². The third-order valence-corrected chi connectivity index (χ3v) is 2.58. The first-order valence-corrected chi connectivity index (χ1v) is 6.19. The number of aliphatic hydroxyl groups excluding tert-OH is 1. The van der Waals surface area contributed by atoms with Crippen molar-refractivity contribution in [1.82, 2.24) is 0 Å². The minimum absolute atomic E-state index is 0.153. The van der Waals surface area contributed by atoms with E-state index in [0.717, 1.165) is 37.9 Å². The van der Waals surface area contributed by atoms with Gasteiger partial charge in [0.2, 0.25) is 0 Å². The normalized spacial score (nSPS) is 12.4. The lowest BCUT2D eigenvalue weighted by Gasteiger charge is -2.10. The number of aliphatic hydroxyl groups is 1. The quantitative estimate of drug-likeness (QED) is 0.683. The van der Waals surface area contributed by atoms with Crippen LogP contribution < -0.4 is 4.74 Å². The highest BCUT2D eigenvalue weighted by Crippen LogP contribution is 2.10. The van der Waals surface area contributed by atoms with E-state index in [9.17, 15) is 5.11 Å². The molecular formula is C14H22O2. The molecule has 0 aromatic heterocycles. The van der Waals surface area contributed by atoms with Gasteiger partial charge in [-0.25, -0.2) is 0 Å². The Hall–Kier alpha value is -1.02. The summed E-state index contributed by atoms with van der Waals surface area (Å²) in [5, 5.41) is 9.62. The molecule has 2 heteroatoms. The first-order valence-electron chi connectivity index (χ1n) is 6.19. The summed E-state index contributed by atoms with van der Waals surface area (Å²) in [7, 11) is 0. The predicted octanol–water partition coefficient (Wildman–Crippen LogP) is 3.40. The molecule has 0 fully saturated rings. The summed E-state index contributed by atoms with van der Waals surface area (Å²) in [4.78, 5) is 0. The lowest BCUT2D eigenvalue weighted by molar-refractivity contribution is 0.141. The maximum absolute atomic E-state index is 9.62. The third kappa shape index (κ3) is 5.76. The number of para-hydroxylation sites is 1. The molecule has 0 radical (unpaired) electrons. The van der Waals surface area contributed by atoms with Gasteiger partial charge in [0.1, 0.15) is 5.75 Å². The Balaban J connectivity index is 2.03. The van der Waals surface area contributed by atoms with Gasteiger partial charge in [-0.1, -0.05) is 38.0 Å². The monoisotopic (exact) mass is 222 g/mol. The van der Waals surface area contributed by atoms with Crippen LogP contribution >= 0.6 is 0 Å². The van der Waals surface area contributed by atoms with E-state index in [1.165, 1.54) is 0 Å². The first-order chi connectivity index (χ1) is 7.83. The fourth-order valence-electron chi connectivity index (χ4n) is 1.61. The second kappa shape index (κ2) is 8.17.